The van der Waals surface area contributed by atoms with Gasteiger partial charge in [-0.3, -0.25) is 14.5 Å². The minimum Gasteiger partial charge on any atom is -0.384 e. The molecule has 204 valence electrons. The van der Waals surface area contributed by atoms with Crippen molar-refractivity contribution in [3.05, 3.63) is 88.1 Å². The van der Waals surface area contributed by atoms with Gasteiger partial charge in [-0.15, -0.1) is 10.2 Å². The smallest absolute Gasteiger partial charge is 0.234 e. The Kier molecular flexibility index (Phi) is 7.49. The highest BCUT2D eigenvalue weighted by atomic mass is 32.2. The molecule has 0 spiro atoms. The number of anilines is 2. The number of nitriles is 1. The molecule has 11 heteroatoms. The minimum atomic E-state index is -0.566. The van der Waals surface area contributed by atoms with Crippen molar-refractivity contribution in [3.8, 4) is 6.07 Å². The summed E-state index contributed by atoms with van der Waals surface area (Å²) in [5.74, 6) is -1.29. The van der Waals surface area contributed by atoms with Gasteiger partial charge in [0.25, 0.3) is 0 Å². The molecule has 40 heavy (non-hydrogen) atoms. The number of aryl methyl sites for hydroxylation is 1. The third-order valence-electron chi connectivity index (χ3n) is 6.82. The van der Waals surface area contributed by atoms with Gasteiger partial charge in [0.1, 0.15) is 11.6 Å². The van der Waals surface area contributed by atoms with Crippen LogP contribution in [0.5, 0.6) is 0 Å². The number of Topliss-reactive ketones (excluding diaryl/α,β-unsaturated/α-hetero) is 1. The number of carbonyl (C=O) groups excluding carboxylic acids is 2. The molecule has 0 bridgehead atoms. The van der Waals surface area contributed by atoms with E-state index in [-0.39, 0.29) is 39.9 Å². The molecule has 3 aromatic rings. The van der Waals surface area contributed by atoms with Crippen LogP contribution in [-0.4, -0.2) is 27.6 Å². The van der Waals surface area contributed by atoms with E-state index in [9.17, 15) is 19.2 Å². The number of aromatic nitrogens is 2. The summed E-state index contributed by atoms with van der Waals surface area (Å²) in [6, 6.07) is 16.0. The topological polar surface area (TPSA) is 125 Å². The van der Waals surface area contributed by atoms with Crippen LogP contribution in [0.25, 0.3) is 0 Å². The van der Waals surface area contributed by atoms with Crippen LogP contribution < -0.4 is 16.0 Å². The standard InChI is InChI=1S/C29H27FN6O2S2/c1-16-7-6-8-17(11-16)24-18(14-31)26(32)36(21-12-29(2,3)13-22(37)25(21)24)27-34-35-28(40-27)39-15-23(38)33-20-10-5-4-9-19(20)30/h4-11,24H,12-13,15,32H2,1-3H3,(H,33,38). The molecule has 0 saturated heterocycles. The molecule has 1 aromatic heterocycles. The molecule has 1 aliphatic carbocycles. The fourth-order valence-corrected chi connectivity index (χ4v) is 6.82. The normalized spacial score (nSPS) is 18.4. The van der Waals surface area contributed by atoms with Gasteiger partial charge in [-0.05, 0) is 36.5 Å². The third kappa shape index (κ3) is 5.37. The summed E-state index contributed by atoms with van der Waals surface area (Å²) in [5, 5.41) is 21.7. The number of para-hydroxylation sites is 1. The molecule has 2 aromatic carbocycles. The summed E-state index contributed by atoms with van der Waals surface area (Å²) < 4.78 is 14.4. The Balaban J connectivity index is 1.47. The fraction of sp³-hybridized carbons (Fsp3) is 0.276. The fourth-order valence-electron chi connectivity index (χ4n) is 5.14. The number of nitrogens with two attached hydrogens (primary N) is 1. The Morgan fingerprint density at radius 2 is 2.02 bits per heavy atom. The molecule has 2 aliphatic rings. The predicted molar refractivity (Wildman–Crippen MR) is 154 cm³/mol. The summed E-state index contributed by atoms with van der Waals surface area (Å²) in [6.45, 7) is 6.03. The van der Waals surface area contributed by atoms with Gasteiger partial charge in [0, 0.05) is 17.7 Å². The van der Waals surface area contributed by atoms with Crippen LogP contribution in [0.1, 0.15) is 43.7 Å². The second-order valence-electron chi connectivity index (χ2n) is 10.6. The SMILES string of the molecule is Cc1cccc(C2C(C#N)=C(N)N(c3nnc(SCC(=O)Nc4ccccc4F)s3)C3=C2C(=O)CC(C)(C)C3)c1. The van der Waals surface area contributed by atoms with Crippen molar-refractivity contribution in [3.63, 3.8) is 0 Å². The Bertz CT molecular complexity index is 1620. The number of nitrogens with zero attached hydrogens (tertiary/aromatic N) is 4. The van der Waals surface area contributed by atoms with Gasteiger partial charge in [0.15, 0.2) is 10.1 Å². The van der Waals surface area contributed by atoms with E-state index < -0.39 is 11.7 Å². The number of halogens is 1. The van der Waals surface area contributed by atoms with E-state index in [1.807, 2.05) is 45.0 Å². The maximum absolute atomic E-state index is 13.9. The molecule has 8 nitrogen and oxygen atoms in total. The highest BCUT2D eigenvalue weighted by Crippen LogP contribution is 2.50. The van der Waals surface area contributed by atoms with Crippen LogP contribution >= 0.6 is 23.1 Å². The lowest BCUT2D eigenvalue weighted by atomic mass is 9.68. The van der Waals surface area contributed by atoms with Crippen molar-refractivity contribution in [1.82, 2.24) is 10.2 Å². The number of benzene rings is 2. The average Bonchev–Trinajstić information content (AvgIpc) is 3.36. The summed E-state index contributed by atoms with van der Waals surface area (Å²) in [5.41, 5.74) is 9.88. The lowest BCUT2D eigenvalue weighted by Crippen LogP contribution is -2.42. The van der Waals surface area contributed by atoms with Gasteiger partial charge in [-0.25, -0.2) is 4.39 Å². The Labute approximate surface area is 239 Å². The van der Waals surface area contributed by atoms with Gasteiger partial charge in [-0.1, -0.05) is 78.9 Å². The van der Waals surface area contributed by atoms with Crippen molar-refractivity contribution in [2.45, 2.75) is 43.9 Å². The molecule has 0 fully saturated rings. The number of hydrogen-bond donors (Lipinski definition) is 2. The highest BCUT2D eigenvalue weighted by molar-refractivity contribution is 8.01. The maximum atomic E-state index is 13.9. The lowest BCUT2D eigenvalue weighted by Gasteiger charge is -2.42. The van der Waals surface area contributed by atoms with Crippen LogP contribution in [0.4, 0.5) is 15.2 Å². The molecule has 0 radical (unpaired) electrons. The predicted octanol–water partition coefficient (Wildman–Crippen LogP) is 5.66. The first-order valence-electron chi connectivity index (χ1n) is 12.6. The van der Waals surface area contributed by atoms with Crippen molar-refractivity contribution < 1.29 is 14.0 Å². The second-order valence-corrected chi connectivity index (χ2v) is 12.7. The monoisotopic (exact) mass is 574 g/mol. The Morgan fingerprint density at radius 1 is 1.25 bits per heavy atom. The average molecular weight is 575 g/mol. The number of allylic oxidation sites excluding steroid dienone is 3. The van der Waals surface area contributed by atoms with Crippen LogP contribution in [-0.2, 0) is 9.59 Å². The number of amides is 1. The maximum Gasteiger partial charge on any atom is 0.234 e. The van der Waals surface area contributed by atoms with E-state index in [4.69, 9.17) is 5.73 Å². The van der Waals surface area contributed by atoms with Gasteiger partial charge in [0.05, 0.1) is 29.0 Å². The first kappa shape index (κ1) is 27.6. The molecule has 1 amide bonds. The second kappa shape index (κ2) is 10.9. The number of carbonyl (C=O) groups is 2. The van der Waals surface area contributed by atoms with E-state index in [1.54, 1.807) is 17.0 Å². The Hall–Kier alpha value is -4.01. The van der Waals surface area contributed by atoms with Gasteiger partial charge in [0.2, 0.25) is 11.0 Å². The van der Waals surface area contributed by atoms with Crippen LogP contribution in [0.2, 0.25) is 0 Å². The van der Waals surface area contributed by atoms with Crippen LogP contribution in [0.3, 0.4) is 0 Å². The molecule has 2 heterocycles. The summed E-state index contributed by atoms with van der Waals surface area (Å²) in [7, 11) is 0. The number of thioether (sulfide) groups is 1. The first-order chi connectivity index (χ1) is 19.1. The molecule has 1 atom stereocenters. The highest BCUT2D eigenvalue weighted by Gasteiger charge is 2.45. The van der Waals surface area contributed by atoms with E-state index in [0.717, 1.165) is 22.9 Å². The first-order valence-corrected chi connectivity index (χ1v) is 14.4. The van der Waals surface area contributed by atoms with Gasteiger partial charge in [-0.2, -0.15) is 5.26 Å². The van der Waals surface area contributed by atoms with Crippen molar-refractivity contribution in [1.29, 1.82) is 5.26 Å². The minimum absolute atomic E-state index is 0.00731. The van der Waals surface area contributed by atoms with Gasteiger partial charge >= 0.3 is 0 Å². The van der Waals surface area contributed by atoms with Crippen molar-refractivity contribution >= 4 is 45.6 Å². The van der Waals surface area contributed by atoms with E-state index in [1.165, 1.54) is 23.5 Å². The molecule has 0 saturated carbocycles. The van der Waals surface area contributed by atoms with Crippen LogP contribution in [0.15, 0.2) is 75.5 Å². The number of hydrogen-bond acceptors (Lipinski definition) is 9. The molecule has 1 aliphatic heterocycles. The lowest BCUT2D eigenvalue weighted by molar-refractivity contribution is -0.118. The summed E-state index contributed by atoms with van der Waals surface area (Å²) in [4.78, 5) is 27.7. The number of ketones is 1. The van der Waals surface area contributed by atoms with E-state index in [2.05, 4.69) is 21.6 Å². The summed E-state index contributed by atoms with van der Waals surface area (Å²) >= 11 is 2.36. The molecular weight excluding hydrogens is 547 g/mol. The number of rotatable bonds is 6. The van der Waals surface area contributed by atoms with Crippen molar-refractivity contribution in [2.24, 2.45) is 11.1 Å². The molecule has 1 unspecified atom stereocenters. The zero-order valence-electron chi connectivity index (χ0n) is 22.2. The van der Waals surface area contributed by atoms with E-state index in [0.29, 0.717) is 33.6 Å². The molecule has 5 rings (SSSR count). The van der Waals surface area contributed by atoms with Crippen LogP contribution in [0, 0.1) is 29.5 Å². The van der Waals surface area contributed by atoms with Gasteiger partial charge < -0.3 is 11.1 Å². The van der Waals surface area contributed by atoms with E-state index >= 15 is 0 Å². The largest absolute Gasteiger partial charge is 0.384 e. The number of nitrogens with one attached hydrogen (secondary N) is 1. The third-order valence-corrected chi connectivity index (χ3v) is 8.86. The Morgan fingerprint density at radius 3 is 2.75 bits per heavy atom. The zero-order valence-corrected chi connectivity index (χ0v) is 23.8. The molecular formula is C29H27FN6O2S2. The summed E-state index contributed by atoms with van der Waals surface area (Å²) in [6.07, 6.45) is 0.915. The van der Waals surface area contributed by atoms with Crippen molar-refractivity contribution in [2.75, 3.05) is 16.0 Å². The zero-order chi connectivity index (χ0) is 28.6. The quantitative estimate of drug-likeness (QED) is 0.362. The molecule has 3 N–H and O–H groups in total.